The Morgan fingerprint density at radius 2 is 1.59 bits per heavy atom. The molecule has 174 valence electrons. The number of aromatic nitrogens is 3. The second-order valence-electron chi connectivity index (χ2n) is 8.61. The van der Waals surface area contributed by atoms with Crippen LogP contribution in [0, 0.1) is 0 Å². The smallest absolute Gasteiger partial charge is 0.138 e. The van der Waals surface area contributed by atoms with Crippen LogP contribution < -0.4 is 0 Å². The van der Waals surface area contributed by atoms with Gasteiger partial charge in [-0.15, -0.1) is 0 Å². The van der Waals surface area contributed by atoms with Gasteiger partial charge in [-0.2, -0.15) is 5.10 Å². The van der Waals surface area contributed by atoms with Crippen LogP contribution in [-0.2, 0) is 17.9 Å². The Labute approximate surface area is 209 Å². The average molecular weight is 493 g/mol. The maximum atomic E-state index is 6.58. The number of rotatable bonds is 8. The fourth-order valence-electron chi connectivity index (χ4n) is 4.94. The van der Waals surface area contributed by atoms with E-state index in [0.717, 1.165) is 24.4 Å². The Bertz CT molecular complexity index is 1130. The van der Waals surface area contributed by atoms with E-state index in [1.165, 1.54) is 11.1 Å². The van der Waals surface area contributed by atoms with Gasteiger partial charge in [0.1, 0.15) is 12.2 Å². The number of aromatic amines is 1. The van der Waals surface area contributed by atoms with Crippen molar-refractivity contribution >= 4 is 23.2 Å². The number of benzene rings is 3. The fraction of sp³-hybridized carbons (Fsp3) is 0.259. The van der Waals surface area contributed by atoms with Crippen molar-refractivity contribution in [3.8, 4) is 0 Å². The summed E-state index contributed by atoms with van der Waals surface area (Å²) in [4.78, 5) is 6.84. The maximum Gasteiger partial charge on any atom is 0.138 e. The van der Waals surface area contributed by atoms with E-state index in [-0.39, 0.29) is 18.1 Å². The highest BCUT2D eigenvalue weighted by Gasteiger charge is 2.41. The second kappa shape index (κ2) is 10.7. The van der Waals surface area contributed by atoms with E-state index < -0.39 is 0 Å². The number of halogens is 2. The summed E-state index contributed by atoms with van der Waals surface area (Å²) < 4.78 is 6.58. The summed E-state index contributed by atoms with van der Waals surface area (Å²) in [6.45, 7) is 2.04. The topological polar surface area (TPSA) is 54.0 Å². The number of ether oxygens (including phenoxy) is 1. The number of nitrogens with one attached hydrogen (secondary N) is 1. The van der Waals surface area contributed by atoms with E-state index in [0.29, 0.717) is 23.2 Å². The molecular weight excluding hydrogens is 467 g/mol. The van der Waals surface area contributed by atoms with Crippen LogP contribution >= 0.6 is 23.2 Å². The lowest BCUT2D eigenvalue weighted by Gasteiger charge is -2.35. The van der Waals surface area contributed by atoms with Gasteiger partial charge in [0.15, 0.2) is 0 Å². The molecule has 1 aliphatic heterocycles. The third kappa shape index (κ3) is 5.34. The molecule has 34 heavy (non-hydrogen) atoms. The molecule has 0 saturated carbocycles. The monoisotopic (exact) mass is 492 g/mol. The summed E-state index contributed by atoms with van der Waals surface area (Å²) in [6.07, 6.45) is 2.50. The van der Waals surface area contributed by atoms with Gasteiger partial charge in [0, 0.05) is 28.5 Å². The SMILES string of the molecule is Clc1cc(Cl)cc(CO[C@H]2CCN(Cc3ncn[nH]3)[C@H]2C(c2ccccc2)c2ccccc2)c1. The minimum atomic E-state index is 0.0195. The molecule has 1 aromatic heterocycles. The maximum absolute atomic E-state index is 6.58. The largest absolute Gasteiger partial charge is 0.372 e. The number of hydrogen-bond donors (Lipinski definition) is 1. The standard InChI is InChI=1S/C27H26Cl2N4O/c28-22-13-19(14-23(29)15-22)17-34-24-11-12-33(16-25-30-18-31-32-25)27(24)26(20-7-3-1-4-8-20)21-9-5-2-6-10-21/h1-10,13-15,18,24,26-27H,11-12,16-17H2,(H,30,31,32)/t24-,27+/m0/s1. The van der Waals surface area contributed by atoms with Gasteiger partial charge < -0.3 is 4.74 Å². The first-order valence-electron chi connectivity index (χ1n) is 11.4. The summed E-state index contributed by atoms with van der Waals surface area (Å²) in [5.41, 5.74) is 3.51. The number of nitrogens with zero attached hydrogens (tertiary/aromatic N) is 3. The predicted octanol–water partition coefficient (Wildman–Crippen LogP) is 6.10. The zero-order valence-electron chi connectivity index (χ0n) is 18.6. The van der Waals surface area contributed by atoms with E-state index in [2.05, 4.69) is 80.7 Å². The molecule has 7 heteroatoms. The Hall–Kier alpha value is -2.70. The Morgan fingerprint density at radius 1 is 0.941 bits per heavy atom. The van der Waals surface area contributed by atoms with Gasteiger partial charge in [0.2, 0.25) is 0 Å². The van der Waals surface area contributed by atoms with Crippen molar-refractivity contribution < 1.29 is 4.74 Å². The molecule has 0 amide bonds. The molecule has 5 rings (SSSR count). The summed E-state index contributed by atoms with van der Waals surface area (Å²) in [6, 6.07) is 27.0. The lowest BCUT2D eigenvalue weighted by atomic mass is 9.82. The quantitative estimate of drug-likeness (QED) is 0.322. The molecule has 1 fully saturated rings. The Kier molecular flexibility index (Phi) is 7.26. The highest BCUT2D eigenvalue weighted by Crippen LogP contribution is 2.38. The van der Waals surface area contributed by atoms with Crippen LogP contribution in [0.25, 0.3) is 0 Å². The van der Waals surface area contributed by atoms with Crippen LogP contribution in [0.4, 0.5) is 0 Å². The van der Waals surface area contributed by atoms with Gasteiger partial charge in [-0.05, 0) is 41.3 Å². The second-order valence-corrected chi connectivity index (χ2v) is 9.48. The average Bonchev–Trinajstić information content (AvgIpc) is 3.50. The molecule has 3 aromatic carbocycles. The fourth-order valence-corrected chi connectivity index (χ4v) is 5.52. The number of likely N-dealkylation sites (tertiary alicyclic amines) is 1. The van der Waals surface area contributed by atoms with Crippen molar-refractivity contribution in [2.75, 3.05) is 6.54 Å². The lowest BCUT2D eigenvalue weighted by molar-refractivity contribution is 0.00919. The highest BCUT2D eigenvalue weighted by atomic mass is 35.5. The molecule has 0 aliphatic carbocycles. The molecule has 2 heterocycles. The lowest BCUT2D eigenvalue weighted by Crippen LogP contribution is -2.41. The molecular formula is C27H26Cl2N4O. The van der Waals surface area contributed by atoms with Crippen molar-refractivity contribution in [1.82, 2.24) is 20.1 Å². The zero-order valence-corrected chi connectivity index (χ0v) is 20.2. The first-order chi connectivity index (χ1) is 16.7. The van der Waals surface area contributed by atoms with Crippen LogP contribution in [0.2, 0.25) is 10.0 Å². The summed E-state index contributed by atoms with van der Waals surface area (Å²) in [5.74, 6) is 0.993. The molecule has 0 bridgehead atoms. The summed E-state index contributed by atoms with van der Waals surface area (Å²) >= 11 is 12.4. The van der Waals surface area contributed by atoms with Crippen LogP contribution in [0.5, 0.6) is 0 Å². The van der Waals surface area contributed by atoms with Gasteiger partial charge in [-0.1, -0.05) is 83.9 Å². The molecule has 2 atom stereocenters. The van der Waals surface area contributed by atoms with Crippen molar-refractivity contribution in [3.05, 3.63) is 118 Å². The third-order valence-electron chi connectivity index (χ3n) is 6.37. The van der Waals surface area contributed by atoms with E-state index in [1.54, 1.807) is 12.4 Å². The van der Waals surface area contributed by atoms with Gasteiger partial charge in [-0.25, -0.2) is 4.98 Å². The molecule has 0 spiro atoms. The molecule has 1 saturated heterocycles. The molecule has 0 unspecified atom stereocenters. The minimum absolute atomic E-state index is 0.0195. The molecule has 1 aliphatic rings. The van der Waals surface area contributed by atoms with Gasteiger partial charge in [0.25, 0.3) is 0 Å². The van der Waals surface area contributed by atoms with Crippen LogP contribution in [0.3, 0.4) is 0 Å². The van der Waals surface area contributed by atoms with Crippen molar-refractivity contribution in [2.24, 2.45) is 0 Å². The third-order valence-corrected chi connectivity index (χ3v) is 6.80. The van der Waals surface area contributed by atoms with Crippen LogP contribution in [-0.4, -0.2) is 38.8 Å². The van der Waals surface area contributed by atoms with Gasteiger partial charge >= 0.3 is 0 Å². The number of H-pyrrole nitrogens is 1. The van der Waals surface area contributed by atoms with Crippen molar-refractivity contribution in [1.29, 1.82) is 0 Å². The molecule has 4 aromatic rings. The Morgan fingerprint density at radius 3 is 2.18 bits per heavy atom. The summed E-state index contributed by atoms with van der Waals surface area (Å²) in [7, 11) is 0. The highest BCUT2D eigenvalue weighted by molar-refractivity contribution is 6.34. The van der Waals surface area contributed by atoms with Crippen LogP contribution in [0.15, 0.2) is 85.2 Å². The van der Waals surface area contributed by atoms with E-state index in [1.807, 2.05) is 12.1 Å². The Balaban J connectivity index is 1.48. The molecule has 0 radical (unpaired) electrons. The van der Waals surface area contributed by atoms with Crippen LogP contribution in [0.1, 0.15) is 34.9 Å². The van der Waals surface area contributed by atoms with Crippen molar-refractivity contribution in [3.63, 3.8) is 0 Å². The first kappa shape index (κ1) is 23.1. The molecule has 5 nitrogen and oxygen atoms in total. The van der Waals surface area contributed by atoms with Gasteiger partial charge in [0.05, 0.1) is 19.3 Å². The predicted molar refractivity (Wildman–Crippen MR) is 135 cm³/mol. The normalized spacial score (nSPS) is 18.6. The minimum Gasteiger partial charge on any atom is -0.372 e. The van der Waals surface area contributed by atoms with Crippen molar-refractivity contribution in [2.45, 2.75) is 37.6 Å². The molecule has 1 N–H and O–H groups in total. The van der Waals surface area contributed by atoms with Gasteiger partial charge in [-0.3, -0.25) is 10.00 Å². The first-order valence-corrected chi connectivity index (χ1v) is 12.2. The zero-order chi connectivity index (χ0) is 23.3. The van der Waals surface area contributed by atoms with E-state index in [4.69, 9.17) is 27.9 Å². The van der Waals surface area contributed by atoms with E-state index >= 15 is 0 Å². The van der Waals surface area contributed by atoms with E-state index in [9.17, 15) is 0 Å². The number of hydrogen-bond acceptors (Lipinski definition) is 4. The summed E-state index contributed by atoms with van der Waals surface area (Å²) in [5, 5.41) is 8.29.